The Bertz CT molecular complexity index is 844. The van der Waals surface area contributed by atoms with E-state index < -0.39 is 0 Å². The van der Waals surface area contributed by atoms with Gasteiger partial charge in [0.05, 0.1) is 12.9 Å². The number of benzene rings is 1. The zero-order chi connectivity index (χ0) is 15.0. The van der Waals surface area contributed by atoms with E-state index in [2.05, 4.69) is 15.0 Å². The van der Waals surface area contributed by atoms with E-state index in [0.717, 1.165) is 0 Å². The Morgan fingerprint density at radius 3 is 2.86 bits per heavy atom. The van der Waals surface area contributed by atoms with Crippen molar-refractivity contribution in [2.75, 3.05) is 5.73 Å². The zero-order valence-electron chi connectivity index (χ0n) is 10.8. The van der Waals surface area contributed by atoms with Crippen LogP contribution in [-0.4, -0.2) is 24.5 Å². The average molecular weight is 302 g/mol. The fourth-order valence-electron chi connectivity index (χ4n) is 2.05. The van der Waals surface area contributed by atoms with Crippen molar-refractivity contribution in [1.29, 1.82) is 0 Å². The normalized spacial score (nSPS) is 10.9. The molecule has 0 saturated carbocycles. The van der Waals surface area contributed by atoms with E-state index in [1.165, 1.54) is 12.4 Å². The minimum absolute atomic E-state index is 0.221. The number of imidazole rings is 1. The molecule has 0 bridgehead atoms. The van der Waals surface area contributed by atoms with Gasteiger partial charge in [0, 0.05) is 11.1 Å². The molecule has 3 aromatic rings. The maximum absolute atomic E-state index is 13.9. The highest BCUT2D eigenvalue weighted by Gasteiger charge is 2.11. The Morgan fingerprint density at radius 1 is 1.29 bits per heavy atom. The first-order valence-electron chi connectivity index (χ1n) is 6.06. The van der Waals surface area contributed by atoms with E-state index in [0.29, 0.717) is 22.3 Å². The average Bonchev–Trinajstić information content (AvgIpc) is 2.86. The summed E-state index contributed by atoms with van der Waals surface area (Å²) in [6.45, 7) is 0.245. The molecule has 1 aromatic carbocycles. The Kier molecular flexibility index (Phi) is 3.22. The Hall–Kier alpha value is -2.61. The highest BCUT2D eigenvalue weighted by Crippen LogP contribution is 2.18. The highest BCUT2D eigenvalue weighted by molar-refractivity contribution is 7.80. The molecule has 0 fully saturated rings. The summed E-state index contributed by atoms with van der Waals surface area (Å²) in [7, 11) is 0. The second-order valence-electron chi connectivity index (χ2n) is 4.47. The van der Waals surface area contributed by atoms with E-state index in [1.54, 1.807) is 23.0 Å². The predicted octanol–water partition coefficient (Wildman–Crippen LogP) is 1.23. The SMILES string of the molecule is NC(=S)c1ccc(F)c(Cn2cnc3c(N)ncnc32)c1. The number of hydrogen-bond acceptors (Lipinski definition) is 5. The quantitative estimate of drug-likeness (QED) is 0.707. The number of thiocarbonyl (C=S) groups is 1. The summed E-state index contributed by atoms with van der Waals surface area (Å²) in [5, 5.41) is 0. The monoisotopic (exact) mass is 302 g/mol. The summed E-state index contributed by atoms with van der Waals surface area (Å²) >= 11 is 4.91. The number of hydrogen-bond donors (Lipinski definition) is 2. The van der Waals surface area contributed by atoms with Crippen LogP contribution in [0.4, 0.5) is 10.2 Å². The molecular weight excluding hydrogens is 291 g/mol. The van der Waals surface area contributed by atoms with Crippen molar-refractivity contribution in [2.24, 2.45) is 5.73 Å². The molecule has 3 rings (SSSR count). The lowest BCUT2D eigenvalue weighted by molar-refractivity contribution is 0.601. The molecule has 0 aliphatic carbocycles. The van der Waals surface area contributed by atoms with Crippen molar-refractivity contribution in [2.45, 2.75) is 6.54 Å². The Morgan fingerprint density at radius 2 is 2.10 bits per heavy atom. The van der Waals surface area contributed by atoms with Crippen LogP contribution in [0.3, 0.4) is 0 Å². The number of nitrogen functional groups attached to an aromatic ring is 1. The first kappa shape index (κ1) is 13.4. The molecule has 0 saturated heterocycles. The molecule has 6 nitrogen and oxygen atoms in total. The van der Waals surface area contributed by atoms with Crippen molar-refractivity contribution in [3.8, 4) is 0 Å². The number of nitrogens with zero attached hydrogens (tertiary/aromatic N) is 4. The first-order chi connectivity index (χ1) is 10.1. The lowest BCUT2D eigenvalue weighted by Gasteiger charge is -2.07. The van der Waals surface area contributed by atoms with E-state index in [4.69, 9.17) is 23.7 Å². The van der Waals surface area contributed by atoms with Crippen molar-refractivity contribution in [1.82, 2.24) is 19.5 Å². The van der Waals surface area contributed by atoms with Gasteiger partial charge in [-0.1, -0.05) is 12.2 Å². The smallest absolute Gasteiger partial charge is 0.165 e. The number of rotatable bonds is 3. The van der Waals surface area contributed by atoms with E-state index in [1.807, 2.05) is 0 Å². The van der Waals surface area contributed by atoms with Crippen LogP contribution >= 0.6 is 12.2 Å². The van der Waals surface area contributed by atoms with Gasteiger partial charge in [0.2, 0.25) is 0 Å². The second-order valence-corrected chi connectivity index (χ2v) is 4.91. The van der Waals surface area contributed by atoms with Gasteiger partial charge in [0.1, 0.15) is 22.6 Å². The number of halogens is 1. The summed E-state index contributed by atoms with van der Waals surface area (Å²) in [6, 6.07) is 4.51. The number of fused-ring (bicyclic) bond motifs is 1. The molecule has 0 atom stereocenters. The van der Waals surface area contributed by atoms with Crippen LogP contribution in [0.5, 0.6) is 0 Å². The third-order valence-electron chi connectivity index (χ3n) is 3.10. The standard InChI is InChI=1S/C13H11FN6S/c14-9-2-1-7(12(16)21)3-8(9)4-20-6-19-10-11(15)17-5-18-13(10)20/h1-3,5-6H,4H2,(H2,16,21)(H2,15,17,18). The van der Waals surface area contributed by atoms with Crippen LogP contribution in [-0.2, 0) is 6.54 Å². The van der Waals surface area contributed by atoms with Crippen LogP contribution in [0.1, 0.15) is 11.1 Å². The van der Waals surface area contributed by atoms with Crippen molar-refractivity contribution >= 4 is 34.2 Å². The van der Waals surface area contributed by atoms with Gasteiger partial charge in [-0.25, -0.2) is 19.3 Å². The van der Waals surface area contributed by atoms with Crippen LogP contribution in [0.25, 0.3) is 11.2 Å². The number of aromatic nitrogens is 4. The molecule has 0 spiro atoms. The number of anilines is 1. The highest BCUT2D eigenvalue weighted by atomic mass is 32.1. The molecule has 0 radical (unpaired) electrons. The van der Waals surface area contributed by atoms with E-state index >= 15 is 0 Å². The van der Waals surface area contributed by atoms with Crippen molar-refractivity contribution in [3.63, 3.8) is 0 Å². The minimum Gasteiger partial charge on any atom is -0.389 e. The van der Waals surface area contributed by atoms with Crippen LogP contribution in [0, 0.1) is 5.82 Å². The lowest BCUT2D eigenvalue weighted by atomic mass is 10.1. The van der Waals surface area contributed by atoms with Crippen LogP contribution < -0.4 is 11.5 Å². The van der Waals surface area contributed by atoms with Crippen LogP contribution in [0.2, 0.25) is 0 Å². The Labute approximate surface area is 124 Å². The third kappa shape index (κ3) is 2.40. The maximum Gasteiger partial charge on any atom is 0.165 e. The third-order valence-corrected chi connectivity index (χ3v) is 3.34. The van der Waals surface area contributed by atoms with Gasteiger partial charge >= 0.3 is 0 Å². The molecule has 106 valence electrons. The molecule has 21 heavy (non-hydrogen) atoms. The summed E-state index contributed by atoms with van der Waals surface area (Å²) in [6.07, 6.45) is 2.89. The van der Waals surface area contributed by atoms with Crippen molar-refractivity contribution < 1.29 is 4.39 Å². The summed E-state index contributed by atoms with van der Waals surface area (Å²) in [4.78, 5) is 12.3. The molecule has 0 aliphatic heterocycles. The summed E-state index contributed by atoms with van der Waals surface area (Å²) in [5.41, 5.74) is 13.4. The first-order valence-corrected chi connectivity index (χ1v) is 6.46. The fourth-order valence-corrected chi connectivity index (χ4v) is 2.17. The maximum atomic E-state index is 13.9. The molecular formula is C13H11FN6S. The van der Waals surface area contributed by atoms with Gasteiger partial charge in [0.15, 0.2) is 11.5 Å². The molecule has 0 unspecified atom stereocenters. The van der Waals surface area contributed by atoms with Gasteiger partial charge in [-0.15, -0.1) is 0 Å². The number of nitrogens with two attached hydrogens (primary N) is 2. The lowest BCUT2D eigenvalue weighted by Crippen LogP contribution is -2.11. The minimum atomic E-state index is -0.348. The molecule has 2 heterocycles. The van der Waals surface area contributed by atoms with Crippen LogP contribution in [0.15, 0.2) is 30.9 Å². The fraction of sp³-hybridized carbons (Fsp3) is 0.0769. The van der Waals surface area contributed by atoms with Gasteiger partial charge < -0.3 is 16.0 Å². The predicted molar refractivity (Wildman–Crippen MR) is 81.1 cm³/mol. The van der Waals surface area contributed by atoms with Gasteiger partial charge in [-0.05, 0) is 18.2 Å². The molecule has 0 aliphatic rings. The second kappa shape index (κ2) is 5.06. The molecule has 8 heteroatoms. The molecule has 2 aromatic heterocycles. The van der Waals surface area contributed by atoms with Gasteiger partial charge in [0.25, 0.3) is 0 Å². The summed E-state index contributed by atoms with van der Waals surface area (Å²) < 4.78 is 15.6. The largest absolute Gasteiger partial charge is 0.389 e. The van der Waals surface area contributed by atoms with E-state index in [-0.39, 0.29) is 23.2 Å². The molecule has 4 N–H and O–H groups in total. The van der Waals surface area contributed by atoms with Gasteiger partial charge in [-0.3, -0.25) is 0 Å². The van der Waals surface area contributed by atoms with Gasteiger partial charge in [-0.2, -0.15) is 0 Å². The van der Waals surface area contributed by atoms with Crippen molar-refractivity contribution in [3.05, 3.63) is 47.8 Å². The Balaban J connectivity index is 2.04. The molecule has 0 amide bonds. The zero-order valence-corrected chi connectivity index (χ0v) is 11.6. The topological polar surface area (TPSA) is 95.6 Å². The van der Waals surface area contributed by atoms with E-state index in [9.17, 15) is 4.39 Å². The summed E-state index contributed by atoms with van der Waals surface area (Å²) in [5.74, 6) is -0.0602.